The van der Waals surface area contributed by atoms with Gasteiger partial charge in [0.2, 0.25) is 0 Å². The highest BCUT2D eigenvalue weighted by Crippen LogP contribution is 2.14. The SMILES string of the molecule is CCNC(=NCc1cc(C(C)C)no1)NCCCn1cnc2ccccc21.I. The van der Waals surface area contributed by atoms with Gasteiger partial charge in [-0.15, -0.1) is 24.0 Å². The van der Waals surface area contributed by atoms with Crippen LogP contribution in [-0.2, 0) is 13.1 Å². The Balaban J connectivity index is 0.00000280. The second kappa shape index (κ2) is 11.0. The fraction of sp³-hybridized carbons (Fsp3) is 0.450. The number of imidazole rings is 1. The second-order valence-electron chi connectivity index (χ2n) is 6.77. The quantitative estimate of drug-likeness (QED) is 0.214. The molecule has 0 fully saturated rings. The van der Waals surface area contributed by atoms with Gasteiger partial charge in [0.05, 0.1) is 23.1 Å². The molecule has 0 amide bonds. The fourth-order valence-corrected chi connectivity index (χ4v) is 2.82. The van der Waals surface area contributed by atoms with Gasteiger partial charge in [0, 0.05) is 25.7 Å². The highest BCUT2D eigenvalue weighted by Gasteiger charge is 2.07. The van der Waals surface area contributed by atoms with Crippen LogP contribution < -0.4 is 10.6 Å². The van der Waals surface area contributed by atoms with Gasteiger partial charge < -0.3 is 19.7 Å². The number of hydrogen-bond donors (Lipinski definition) is 2. The topological polar surface area (TPSA) is 80.3 Å². The maximum atomic E-state index is 5.35. The maximum absolute atomic E-state index is 5.35. The summed E-state index contributed by atoms with van der Waals surface area (Å²) in [6.07, 6.45) is 2.88. The van der Waals surface area contributed by atoms with E-state index in [1.54, 1.807) is 0 Å². The lowest BCUT2D eigenvalue weighted by Crippen LogP contribution is -2.38. The van der Waals surface area contributed by atoms with Crippen molar-refractivity contribution in [1.82, 2.24) is 25.3 Å². The molecule has 0 bridgehead atoms. The van der Waals surface area contributed by atoms with E-state index in [-0.39, 0.29) is 24.0 Å². The molecule has 3 aromatic rings. The zero-order chi connectivity index (χ0) is 19.1. The first-order valence-corrected chi connectivity index (χ1v) is 9.55. The number of aliphatic imine (C=N–C) groups is 1. The molecule has 0 spiro atoms. The van der Waals surface area contributed by atoms with Crippen molar-refractivity contribution in [3.8, 4) is 0 Å². The Morgan fingerprint density at radius 1 is 1.25 bits per heavy atom. The van der Waals surface area contributed by atoms with E-state index in [1.165, 1.54) is 5.52 Å². The van der Waals surface area contributed by atoms with Crippen LogP contribution in [0.2, 0.25) is 0 Å². The van der Waals surface area contributed by atoms with Gasteiger partial charge in [0.1, 0.15) is 6.54 Å². The van der Waals surface area contributed by atoms with Crippen molar-refractivity contribution >= 4 is 41.0 Å². The number of fused-ring (bicyclic) bond motifs is 1. The number of rotatable bonds is 8. The fourth-order valence-electron chi connectivity index (χ4n) is 2.82. The highest BCUT2D eigenvalue weighted by molar-refractivity contribution is 14.0. The van der Waals surface area contributed by atoms with Crippen molar-refractivity contribution in [2.24, 2.45) is 4.99 Å². The third-order valence-corrected chi connectivity index (χ3v) is 4.30. The number of aryl methyl sites for hydroxylation is 1. The average molecular weight is 496 g/mol. The van der Waals surface area contributed by atoms with Crippen molar-refractivity contribution in [3.63, 3.8) is 0 Å². The summed E-state index contributed by atoms with van der Waals surface area (Å²) in [6, 6.07) is 10.2. The van der Waals surface area contributed by atoms with E-state index in [9.17, 15) is 0 Å². The van der Waals surface area contributed by atoms with Crippen LogP contribution in [0.15, 0.2) is 46.2 Å². The van der Waals surface area contributed by atoms with Crippen LogP contribution in [0.3, 0.4) is 0 Å². The van der Waals surface area contributed by atoms with Crippen LogP contribution in [0.5, 0.6) is 0 Å². The van der Waals surface area contributed by atoms with E-state index < -0.39 is 0 Å². The normalized spacial score (nSPS) is 11.6. The predicted molar refractivity (Wildman–Crippen MR) is 123 cm³/mol. The molecule has 28 heavy (non-hydrogen) atoms. The largest absolute Gasteiger partial charge is 0.359 e. The summed E-state index contributed by atoms with van der Waals surface area (Å²) >= 11 is 0. The van der Waals surface area contributed by atoms with Gasteiger partial charge in [-0.2, -0.15) is 0 Å². The minimum absolute atomic E-state index is 0. The number of para-hydroxylation sites is 2. The molecule has 0 aliphatic rings. The average Bonchev–Trinajstić information content (AvgIpc) is 3.30. The van der Waals surface area contributed by atoms with Crippen molar-refractivity contribution < 1.29 is 4.52 Å². The maximum Gasteiger partial charge on any atom is 0.191 e. The molecule has 2 N–H and O–H groups in total. The van der Waals surface area contributed by atoms with E-state index in [4.69, 9.17) is 4.52 Å². The minimum atomic E-state index is 0. The molecule has 2 heterocycles. The molecule has 152 valence electrons. The summed E-state index contributed by atoms with van der Waals surface area (Å²) in [5.41, 5.74) is 3.17. The summed E-state index contributed by atoms with van der Waals surface area (Å²) < 4.78 is 7.53. The zero-order valence-electron chi connectivity index (χ0n) is 16.7. The van der Waals surface area contributed by atoms with Crippen molar-refractivity contribution in [1.29, 1.82) is 0 Å². The Morgan fingerprint density at radius 3 is 2.82 bits per heavy atom. The van der Waals surface area contributed by atoms with Gasteiger partial charge in [-0.3, -0.25) is 0 Å². The Kier molecular flexibility index (Phi) is 8.75. The molecule has 0 aliphatic heterocycles. The van der Waals surface area contributed by atoms with Gasteiger partial charge in [0.15, 0.2) is 11.7 Å². The van der Waals surface area contributed by atoms with Gasteiger partial charge in [-0.1, -0.05) is 31.1 Å². The summed E-state index contributed by atoms with van der Waals surface area (Å²) in [5, 5.41) is 10.7. The molecule has 0 aliphatic carbocycles. The van der Waals surface area contributed by atoms with E-state index in [2.05, 4.69) is 57.2 Å². The van der Waals surface area contributed by atoms with Crippen molar-refractivity contribution in [3.05, 3.63) is 48.1 Å². The molecule has 0 saturated heterocycles. The molecule has 1 aromatic carbocycles. The Labute approximate surface area is 183 Å². The van der Waals surface area contributed by atoms with Gasteiger partial charge in [0.25, 0.3) is 0 Å². The minimum Gasteiger partial charge on any atom is -0.359 e. The van der Waals surface area contributed by atoms with Crippen LogP contribution in [0.25, 0.3) is 11.0 Å². The second-order valence-corrected chi connectivity index (χ2v) is 6.77. The molecule has 2 aromatic heterocycles. The first-order valence-electron chi connectivity index (χ1n) is 9.55. The molecule has 8 heteroatoms. The number of hydrogen-bond acceptors (Lipinski definition) is 4. The lowest BCUT2D eigenvalue weighted by Gasteiger charge is -2.11. The Bertz CT molecular complexity index is 886. The summed E-state index contributed by atoms with van der Waals surface area (Å²) in [7, 11) is 0. The molecule has 7 nitrogen and oxygen atoms in total. The monoisotopic (exact) mass is 496 g/mol. The van der Waals surface area contributed by atoms with E-state index in [0.717, 1.165) is 49.0 Å². The summed E-state index contributed by atoms with van der Waals surface area (Å²) in [4.78, 5) is 9.01. The number of benzene rings is 1. The molecular formula is C20H29IN6O. The Hall–Kier alpha value is -2.10. The molecule has 0 radical (unpaired) electrons. The lowest BCUT2D eigenvalue weighted by molar-refractivity contribution is 0.376. The van der Waals surface area contributed by atoms with Crippen molar-refractivity contribution in [2.75, 3.05) is 13.1 Å². The van der Waals surface area contributed by atoms with Crippen LogP contribution >= 0.6 is 24.0 Å². The molecule has 0 atom stereocenters. The first-order chi connectivity index (χ1) is 13.2. The number of nitrogens with zero attached hydrogens (tertiary/aromatic N) is 4. The predicted octanol–water partition coefficient (Wildman–Crippen LogP) is 3.91. The number of aromatic nitrogens is 3. The summed E-state index contributed by atoms with van der Waals surface area (Å²) in [6.45, 7) is 9.27. The zero-order valence-corrected chi connectivity index (χ0v) is 19.0. The first kappa shape index (κ1) is 22.2. The third-order valence-electron chi connectivity index (χ3n) is 4.30. The van der Waals surface area contributed by atoms with E-state index in [1.807, 2.05) is 30.6 Å². The molecular weight excluding hydrogens is 467 g/mol. The van der Waals surface area contributed by atoms with E-state index in [0.29, 0.717) is 12.5 Å². The van der Waals surface area contributed by atoms with Crippen LogP contribution in [0, 0.1) is 0 Å². The number of nitrogens with one attached hydrogen (secondary N) is 2. The number of guanidine groups is 1. The van der Waals surface area contributed by atoms with Crippen LogP contribution in [0.1, 0.15) is 44.6 Å². The molecule has 3 rings (SSSR count). The Morgan fingerprint density at radius 2 is 2.07 bits per heavy atom. The molecule has 0 unspecified atom stereocenters. The standard InChI is InChI=1S/C20H28N6O.HI/c1-4-21-20(23-13-16-12-18(15(2)3)25-27-16)22-10-7-11-26-14-24-17-8-5-6-9-19(17)26;/h5-6,8-9,12,14-15H,4,7,10-11,13H2,1-3H3,(H2,21,22,23);1H. The van der Waals surface area contributed by atoms with Crippen molar-refractivity contribution in [2.45, 2.75) is 46.2 Å². The van der Waals surface area contributed by atoms with Crippen LogP contribution in [-0.4, -0.2) is 33.8 Å². The van der Waals surface area contributed by atoms with Gasteiger partial charge in [-0.05, 0) is 31.4 Å². The van der Waals surface area contributed by atoms with E-state index >= 15 is 0 Å². The van der Waals surface area contributed by atoms with Gasteiger partial charge in [-0.25, -0.2) is 9.98 Å². The summed E-state index contributed by atoms with van der Waals surface area (Å²) in [5.74, 6) is 1.92. The van der Waals surface area contributed by atoms with Crippen LogP contribution in [0.4, 0.5) is 0 Å². The van der Waals surface area contributed by atoms with Gasteiger partial charge >= 0.3 is 0 Å². The number of halogens is 1. The smallest absolute Gasteiger partial charge is 0.191 e. The lowest BCUT2D eigenvalue weighted by atomic mass is 10.1. The third kappa shape index (κ3) is 5.95. The highest BCUT2D eigenvalue weighted by atomic mass is 127. The molecule has 0 saturated carbocycles.